The number of carbonyl (C=O) groups is 2. The second kappa shape index (κ2) is 6.36. The Hall–Kier alpha value is -1.85. The van der Waals surface area contributed by atoms with E-state index in [-0.39, 0.29) is 11.8 Å². The highest BCUT2D eigenvalue weighted by molar-refractivity contribution is 5.84. The van der Waals surface area contributed by atoms with Gasteiger partial charge >= 0.3 is 5.97 Å². The van der Waals surface area contributed by atoms with E-state index in [2.05, 4.69) is 10.4 Å². The Bertz CT molecular complexity index is 430. The van der Waals surface area contributed by atoms with E-state index in [9.17, 15) is 9.59 Å². The van der Waals surface area contributed by atoms with Crippen LogP contribution in [-0.2, 0) is 16.1 Å². The van der Waals surface area contributed by atoms with Gasteiger partial charge in [0.05, 0.1) is 18.4 Å². The van der Waals surface area contributed by atoms with Crippen LogP contribution in [0, 0.1) is 11.8 Å². The van der Waals surface area contributed by atoms with E-state index in [1.807, 2.05) is 12.3 Å². The van der Waals surface area contributed by atoms with Gasteiger partial charge in [0.15, 0.2) is 0 Å². The zero-order chi connectivity index (χ0) is 13.7. The summed E-state index contributed by atoms with van der Waals surface area (Å²) in [6.07, 6.45) is 6.61. The number of nitrogens with zero attached hydrogens (tertiary/aromatic N) is 2. The van der Waals surface area contributed by atoms with Crippen LogP contribution in [0.4, 0.5) is 0 Å². The minimum atomic E-state index is -0.855. The number of hydrogen-bond acceptors (Lipinski definition) is 3. The first kappa shape index (κ1) is 13.6. The molecule has 0 radical (unpaired) electrons. The lowest BCUT2D eigenvalue weighted by molar-refractivity contribution is -0.148. The van der Waals surface area contributed by atoms with Crippen molar-refractivity contribution in [1.29, 1.82) is 0 Å². The highest BCUT2D eigenvalue weighted by atomic mass is 16.4. The molecule has 19 heavy (non-hydrogen) atoms. The van der Waals surface area contributed by atoms with Crippen molar-refractivity contribution in [3.8, 4) is 0 Å². The van der Waals surface area contributed by atoms with Crippen molar-refractivity contribution in [3.63, 3.8) is 0 Å². The summed E-state index contributed by atoms with van der Waals surface area (Å²) in [6, 6.07) is 1.82. The summed E-state index contributed by atoms with van der Waals surface area (Å²) in [5, 5.41) is 16.0. The zero-order valence-electron chi connectivity index (χ0n) is 10.8. The van der Waals surface area contributed by atoms with Gasteiger partial charge in [-0.25, -0.2) is 0 Å². The Morgan fingerprint density at radius 1 is 1.32 bits per heavy atom. The summed E-state index contributed by atoms with van der Waals surface area (Å²) in [4.78, 5) is 23.2. The number of aliphatic carboxylic acids is 1. The summed E-state index contributed by atoms with van der Waals surface area (Å²) in [6.45, 7) is 1.08. The maximum absolute atomic E-state index is 12.0. The third kappa shape index (κ3) is 3.56. The fourth-order valence-corrected chi connectivity index (χ4v) is 2.60. The molecule has 1 saturated carbocycles. The molecule has 0 aromatic carbocycles. The van der Waals surface area contributed by atoms with Crippen molar-refractivity contribution in [2.75, 3.05) is 6.54 Å². The molecule has 2 atom stereocenters. The monoisotopic (exact) mass is 265 g/mol. The quantitative estimate of drug-likeness (QED) is 0.828. The van der Waals surface area contributed by atoms with Crippen molar-refractivity contribution in [2.24, 2.45) is 11.8 Å². The van der Waals surface area contributed by atoms with Gasteiger partial charge in [-0.05, 0) is 18.9 Å². The van der Waals surface area contributed by atoms with E-state index < -0.39 is 11.9 Å². The van der Waals surface area contributed by atoms with E-state index in [0.717, 1.165) is 12.8 Å². The molecule has 0 aliphatic heterocycles. The molecular weight excluding hydrogens is 246 g/mol. The van der Waals surface area contributed by atoms with Gasteiger partial charge in [0, 0.05) is 18.9 Å². The second-order valence-electron chi connectivity index (χ2n) is 4.90. The average molecular weight is 265 g/mol. The lowest BCUT2D eigenvalue weighted by Gasteiger charge is -2.27. The van der Waals surface area contributed by atoms with Gasteiger partial charge in [0.1, 0.15) is 0 Å². The normalized spacial score (nSPS) is 22.9. The Kier molecular flexibility index (Phi) is 4.54. The summed E-state index contributed by atoms with van der Waals surface area (Å²) in [7, 11) is 0. The van der Waals surface area contributed by atoms with Crippen LogP contribution in [0.3, 0.4) is 0 Å². The van der Waals surface area contributed by atoms with Crippen LogP contribution >= 0.6 is 0 Å². The van der Waals surface area contributed by atoms with Crippen molar-refractivity contribution < 1.29 is 14.7 Å². The highest BCUT2D eigenvalue weighted by Crippen LogP contribution is 2.30. The van der Waals surface area contributed by atoms with Gasteiger partial charge in [-0.3, -0.25) is 14.3 Å². The molecule has 0 bridgehead atoms. The molecule has 1 fully saturated rings. The molecule has 6 heteroatoms. The van der Waals surface area contributed by atoms with Crippen LogP contribution in [-0.4, -0.2) is 33.3 Å². The number of carboxylic acid groups (broad SMARTS) is 1. The predicted octanol–water partition coefficient (Wildman–Crippen LogP) is 0.890. The number of carboxylic acids is 1. The lowest BCUT2D eigenvalue weighted by atomic mass is 9.79. The summed E-state index contributed by atoms with van der Waals surface area (Å²) < 4.78 is 1.73. The maximum atomic E-state index is 12.0. The minimum Gasteiger partial charge on any atom is -0.481 e. The van der Waals surface area contributed by atoms with Gasteiger partial charge in [-0.1, -0.05) is 12.8 Å². The fraction of sp³-hybridized carbons (Fsp3) is 0.615. The third-order valence-corrected chi connectivity index (χ3v) is 3.62. The van der Waals surface area contributed by atoms with Crippen LogP contribution in [0.25, 0.3) is 0 Å². The van der Waals surface area contributed by atoms with E-state index >= 15 is 0 Å². The SMILES string of the molecule is O=C(O)[C@H]1CCCC[C@@H]1C(=O)NCCn1cccn1. The molecule has 1 heterocycles. The molecule has 1 aromatic heterocycles. The first-order valence-corrected chi connectivity index (χ1v) is 6.66. The smallest absolute Gasteiger partial charge is 0.307 e. The Balaban J connectivity index is 1.82. The topological polar surface area (TPSA) is 84.2 Å². The molecule has 0 saturated heterocycles. The van der Waals surface area contributed by atoms with Crippen LogP contribution in [0.5, 0.6) is 0 Å². The van der Waals surface area contributed by atoms with Crippen LogP contribution < -0.4 is 5.32 Å². The number of nitrogens with one attached hydrogen (secondary N) is 1. The fourth-order valence-electron chi connectivity index (χ4n) is 2.60. The number of aromatic nitrogens is 2. The first-order chi connectivity index (χ1) is 9.18. The Morgan fingerprint density at radius 3 is 2.68 bits per heavy atom. The van der Waals surface area contributed by atoms with E-state index in [0.29, 0.717) is 25.9 Å². The standard InChI is InChI=1S/C13H19N3O3/c17-12(14-7-9-16-8-3-6-15-16)10-4-1-2-5-11(10)13(18)19/h3,6,8,10-11H,1-2,4-5,7,9H2,(H,14,17)(H,18,19)/t10-,11-/m0/s1. The van der Waals surface area contributed by atoms with E-state index in [1.165, 1.54) is 0 Å². The largest absolute Gasteiger partial charge is 0.481 e. The minimum absolute atomic E-state index is 0.140. The molecule has 0 spiro atoms. The average Bonchev–Trinajstić information content (AvgIpc) is 2.91. The van der Waals surface area contributed by atoms with Gasteiger partial charge in [-0.15, -0.1) is 0 Å². The van der Waals surface area contributed by atoms with Crippen molar-refractivity contribution in [1.82, 2.24) is 15.1 Å². The number of hydrogen-bond donors (Lipinski definition) is 2. The van der Waals surface area contributed by atoms with E-state index in [4.69, 9.17) is 5.11 Å². The number of amides is 1. The second-order valence-corrected chi connectivity index (χ2v) is 4.90. The Morgan fingerprint density at radius 2 is 2.05 bits per heavy atom. The summed E-state index contributed by atoms with van der Waals surface area (Å²) >= 11 is 0. The van der Waals surface area contributed by atoms with Gasteiger partial charge in [0.25, 0.3) is 0 Å². The van der Waals surface area contributed by atoms with E-state index in [1.54, 1.807) is 10.9 Å². The number of carbonyl (C=O) groups excluding carboxylic acids is 1. The van der Waals surface area contributed by atoms with Gasteiger partial charge < -0.3 is 10.4 Å². The van der Waals surface area contributed by atoms with Crippen molar-refractivity contribution >= 4 is 11.9 Å². The summed E-state index contributed by atoms with van der Waals surface area (Å²) in [5.41, 5.74) is 0. The molecule has 1 aliphatic rings. The van der Waals surface area contributed by atoms with Crippen LogP contribution in [0.2, 0.25) is 0 Å². The molecule has 2 N–H and O–H groups in total. The van der Waals surface area contributed by atoms with Gasteiger partial charge in [0.2, 0.25) is 5.91 Å². The lowest BCUT2D eigenvalue weighted by Crippen LogP contribution is -2.40. The molecule has 6 nitrogen and oxygen atoms in total. The molecular formula is C13H19N3O3. The van der Waals surface area contributed by atoms with Crippen LogP contribution in [0.1, 0.15) is 25.7 Å². The zero-order valence-corrected chi connectivity index (χ0v) is 10.8. The molecule has 104 valence electrons. The highest BCUT2D eigenvalue weighted by Gasteiger charge is 2.35. The Labute approximate surface area is 111 Å². The first-order valence-electron chi connectivity index (χ1n) is 6.66. The molecule has 1 amide bonds. The molecule has 1 aliphatic carbocycles. The van der Waals surface area contributed by atoms with Crippen molar-refractivity contribution in [3.05, 3.63) is 18.5 Å². The maximum Gasteiger partial charge on any atom is 0.307 e. The molecule has 1 aromatic rings. The predicted molar refractivity (Wildman–Crippen MR) is 68.3 cm³/mol. The van der Waals surface area contributed by atoms with Crippen LogP contribution in [0.15, 0.2) is 18.5 Å². The summed E-state index contributed by atoms with van der Waals surface area (Å²) in [5.74, 6) is -1.91. The third-order valence-electron chi connectivity index (χ3n) is 3.62. The molecule has 2 rings (SSSR count). The molecule has 0 unspecified atom stereocenters. The number of rotatable bonds is 5. The van der Waals surface area contributed by atoms with Gasteiger partial charge in [-0.2, -0.15) is 5.10 Å². The van der Waals surface area contributed by atoms with Crippen molar-refractivity contribution in [2.45, 2.75) is 32.2 Å².